The second-order valence-corrected chi connectivity index (χ2v) is 11.9. The van der Waals surface area contributed by atoms with Crippen LogP contribution in [0.4, 0.5) is 0 Å². The first-order chi connectivity index (χ1) is 22.8. The van der Waals surface area contributed by atoms with Crippen molar-refractivity contribution < 1.29 is 0 Å². The van der Waals surface area contributed by atoms with Crippen molar-refractivity contribution in [2.45, 2.75) is 0 Å². The molecular formula is C45H29N. The number of benzene rings is 7. The molecule has 0 saturated heterocycles. The molecule has 1 aliphatic rings. The Labute approximate surface area is 269 Å². The maximum atomic E-state index is 5.26. The van der Waals surface area contributed by atoms with Crippen LogP contribution in [0.3, 0.4) is 0 Å². The second kappa shape index (κ2) is 10.8. The fourth-order valence-corrected chi connectivity index (χ4v) is 7.07. The third-order valence-corrected chi connectivity index (χ3v) is 9.24. The molecule has 7 aromatic carbocycles. The SMILES string of the molecule is c1ccc(-c2ccc(-c3cccc(-c4cccc(-c5ccc6c7c(cccc57)-c5ccccc5-6)c4)c3)nc2-c2ccccc2)cc1. The Hall–Kier alpha value is -6.05. The summed E-state index contributed by atoms with van der Waals surface area (Å²) in [5, 5.41) is 2.65. The van der Waals surface area contributed by atoms with E-state index in [2.05, 4.69) is 176 Å². The molecule has 0 aliphatic heterocycles. The van der Waals surface area contributed by atoms with Gasteiger partial charge in [0.25, 0.3) is 0 Å². The molecule has 214 valence electrons. The van der Waals surface area contributed by atoms with Gasteiger partial charge in [-0.2, -0.15) is 0 Å². The van der Waals surface area contributed by atoms with Gasteiger partial charge in [-0.1, -0.05) is 158 Å². The minimum atomic E-state index is 0.962. The zero-order chi connectivity index (χ0) is 30.5. The molecule has 46 heavy (non-hydrogen) atoms. The first-order valence-electron chi connectivity index (χ1n) is 15.8. The lowest BCUT2D eigenvalue weighted by atomic mass is 9.92. The van der Waals surface area contributed by atoms with Crippen molar-refractivity contribution in [2.24, 2.45) is 0 Å². The molecule has 0 N–H and O–H groups in total. The van der Waals surface area contributed by atoms with E-state index >= 15 is 0 Å². The smallest absolute Gasteiger partial charge is 0.0787 e. The predicted molar refractivity (Wildman–Crippen MR) is 193 cm³/mol. The lowest BCUT2D eigenvalue weighted by Crippen LogP contribution is -1.93. The molecule has 0 amide bonds. The first-order valence-corrected chi connectivity index (χ1v) is 15.8. The standard InChI is InChI=1S/C45H29N/c1-3-12-30(13-4-1)37-26-27-43(46-45(37)31-14-5-2-6-15-31)35-19-10-17-33(29-35)32-16-9-18-34(28-32)36-24-25-42-39-21-8-7-20-38(39)41-23-11-22-40(36)44(41)42/h1-29H. The average Bonchev–Trinajstić information content (AvgIpc) is 3.47. The van der Waals surface area contributed by atoms with E-state index in [0.29, 0.717) is 0 Å². The summed E-state index contributed by atoms with van der Waals surface area (Å²) in [4.78, 5) is 5.26. The lowest BCUT2D eigenvalue weighted by Gasteiger charge is -2.13. The van der Waals surface area contributed by atoms with Crippen LogP contribution < -0.4 is 0 Å². The fraction of sp³-hybridized carbons (Fsp3) is 0. The summed E-state index contributed by atoms with van der Waals surface area (Å²) in [6, 6.07) is 63.1. The van der Waals surface area contributed by atoms with Gasteiger partial charge in [0.15, 0.2) is 0 Å². The van der Waals surface area contributed by atoms with E-state index in [0.717, 1.165) is 33.6 Å². The van der Waals surface area contributed by atoms with Crippen molar-refractivity contribution in [2.75, 3.05) is 0 Å². The molecule has 8 aromatic rings. The van der Waals surface area contributed by atoms with Crippen LogP contribution in [0.2, 0.25) is 0 Å². The second-order valence-electron chi connectivity index (χ2n) is 11.9. The van der Waals surface area contributed by atoms with Crippen molar-refractivity contribution in [1.82, 2.24) is 4.98 Å². The van der Waals surface area contributed by atoms with Crippen LogP contribution in [0.1, 0.15) is 0 Å². The Kier molecular flexibility index (Phi) is 6.21. The molecule has 0 saturated carbocycles. The van der Waals surface area contributed by atoms with Crippen molar-refractivity contribution in [1.29, 1.82) is 0 Å². The van der Waals surface area contributed by atoms with Crippen LogP contribution in [-0.2, 0) is 0 Å². The highest BCUT2D eigenvalue weighted by Crippen LogP contribution is 2.49. The van der Waals surface area contributed by atoms with Gasteiger partial charge in [-0.05, 0) is 79.0 Å². The van der Waals surface area contributed by atoms with Gasteiger partial charge in [0.05, 0.1) is 11.4 Å². The van der Waals surface area contributed by atoms with Crippen LogP contribution in [0.25, 0.3) is 88.9 Å². The average molecular weight is 584 g/mol. The largest absolute Gasteiger partial charge is 0.247 e. The molecule has 1 heterocycles. The molecule has 0 radical (unpaired) electrons. The van der Waals surface area contributed by atoms with Crippen LogP contribution in [0, 0.1) is 0 Å². The van der Waals surface area contributed by atoms with Gasteiger partial charge >= 0.3 is 0 Å². The predicted octanol–water partition coefficient (Wildman–Crippen LogP) is 12.2. The summed E-state index contributed by atoms with van der Waals surface area (Å²) in [6.45, 7) is 0. The third-order valence-electron chi connectivity index (χ3n) is 9.24. The van der Waals surface area contributed by atoms with E-state index in [1.807, 2.05) is 0 Å². The maximum Gasteiger partial charge on any atom is 0.0787 e. The molecule has 1 nitrogen and oxygen atoms in total. The first kappa shape index (κ1) is 26.4. The van der Waals surface area contributed by atoms with E-state index in [1.165, 1.54) is 55.3 Å². The van der Waals surface area contributed by atoms with Gasteiger partial charge < -0.3 is 0 Å². The van der Waals surface area contributed by atoms with Gasteiger partial charge in [0.1, 0.15) is 0 Å². The highest BCUT2D eigenvalue weighted by molar-refractivity contribution is 6.18. The van der Waals surface area contributed by atoms with E-state index in [4.69, 9.17) is 4.98 Å². The Morgan fingerprint density at radius 2 is 0.783 bits per heavy atom. The normalized spacial score (nSPS) is 11.5. The third kappa shape index (κ3) is 4.37. The van der Waals surface area contributed by atoms with E-state index in [-0.39, 0.29) is 0 Å². The monoisotopic (exact) mass is 583 g/mol. The van der Waals surface area contributed by atoms with E-state index in [9.17, 15) is 0 Å². The molecule has 0 atom stereocenters. The Balaban J connectivity index is 1.12. The minimum absolute atomic E-state index is 0.962. The zero-order valence-electron chi connectivity index (χ0n) is 25.2. The number of hydrogen-bond acceptors (Lipinski definition) is 1. The topological polar surface area (TPSA) is 12.9 Å². The summed E-state index contributed by atoms with van der Waals surface area (Å²) in [5.41, 5.74) is 16.6. The number of rotatable bonds is 5. The van der Waals surface area contributed by atoms with Gasteiger partial charge in [-0.3, -0.25) is 0 Å². The number of nitrogens with zero attached hydrogens (tertiary/aromatic N) is 1. The molecule has 1 aromatic heterocycles. The summed E-state index contributed by atoms with van der Waals surface area (Å²) in [6.07, 6.45) is 0. The highest BCUT2D eigenvalue weighted by atomic mass is 14.7. The molecule has 1 heteroatoms. The number of pyridine rings is 1. The highest BCUT2D eigenvalue weighted by Gasteiger charge is 2.22. The molecule has 0 unspecified atom stereocenters. The summed E-state index contributed by atoms with van der Waals surface area (Å²) >= 11 is 0. The number of hydrogen-bond donors (Lipinski definition) is 0. The van der Waals surface area contributed by atoms with E-state index < -0.39 is 0 Å². The molecule has 0 spiro atoms. The van der Waals surface area contributed by atoms with Crippen LogP contribution in [0.15, 0.2) is 176 Å². The van der Waals surface area contributed by atoms with Crippen molar-refractivity contribution in [3.05, 3.63) is 176 Å². The van der Waals surface area contributed by atoms with Gasteiger partial charge in [0, 0.05) is 16.7 Å². The quantitative estimate of drug-likeness (QED) is 0.196. The molecule has 1 aliphatic carbocycles. The van der Waals surface area contributed by atoms with Gasteiger partial charge in [-0.15, -0.1) is 0 Å². The van der Waals surface area contributed by atoms with Crippen molar-refractivity contribution in [3.63, 3.8) is 0 Å². The van der Waals surface area contributed by atoms with Crippen LogP contribution in [-0.4, -0.2) is 4.98 Å². The van der Waals surface area contributed by atoms with Crippen molar-refractivity contribution >= 4 is 10.8 Å². The Morgan fingerprint density at radius 1 is 0.283 bits per heavy atom. The molecular weight excluding hydrogens is 555 g/mol. The summed E-state index contributed by atoms with van der Waals surface area (Å²) < 4.78 is 0. The maximum absolute atomic E-state index is 5.26. The van der Waals surface area contributed by atoms with Gasteiger partial charge in [0.2, 0.25) is 0 Å². The number of fused-ring (bicyclic) bond motifs is 3. The zero-order valence-corrected chi connectivity index (χ0v) is 25.2. The van der Waals surface area contributed by atoms with E-state index in [1.54, 1.807) is 0 Å². The molecule has 0 bridgehead atoms. The summed E-state index contributed by atoms with van der Waals surface area (Å²) in [7, 11) is 0. The van der Waals surface area contributed by atoms with Crippen LogP contribution >= 0.6 is 0 Å². The Morgan fingerprint density at radius 3 is 1.52 bits per heavy atom. The summed E-state index contributed by atoms with van der Waals surface area (Å²) in [5.74, 6) is 0. The minimum Gasteiger partial charge on any atom is -0.247 e. The Bertz CT molecular complexity index is 2370. The molecule has 0 fully saturated rings. The molecule has 9 rings (SSSR count). The van der Waals surface area contributed by atoms with Crippen LogP contribution in [0.5, 0.6) is 0 Å². The number of aromatic nitrogens is 1. The fourth-order valence-electron chi connectivity index (χ4n) is 7.07. The lowest BCUT2D eigenvalue weighted by molar-refractivity contribution is 1.32. The van der Waals surface area contributed by atoms with Crippen molar-refractivity contribution in [3.8, 4) is 78.1 Å². The van der Waals surface area contributed by atoms with Gasteiger partial charge in [-0.25, -0.2) is 4.98 Å².